The van der Waals surface area contributed by atoms with Crippen LogP contribution in [0.25, 0.3) is 21.8 Å². The van der Waals surface area contributed by atoms with E-state index in [0.717, 1.165) is 40.7 Å². The first-order valence-corrected chi connectivity index (χ1v) is 13.1. The Kier molecular flexibility index (Phi) is 6.93. The molecule has 0 saturated carbocycles. The van der Waals surface area contributed by atoms with Gasteiger partial charge in [0.15, 0.2) is 17.3 Å². The first-order valence-electron chi connectivity index (χ1n) is 13.1. The summed E-state index contributed by atoms with van der Waals surface area (Å²) >= 11 is 0. The van der Waals surface area contributed by atoms with Crippen LogP contribution in [-0.4, -0.2) is 29.0 Å². The summed E-state index contributed by atoms with van der Waals surface area (Å²) in [7, 11) is 5.20. The van der Waals surface area contributed by atoms with Crippen molar-refractivity contribution in [1.82, 2.24) is 14.8 Å². The first kappa shape index (κ1) is 25.2. The molecule has 6 aromatic rings. The molecule has 0 spiro atoms. The van der Waals surface area contributed by atoms with E-state index in [0.29, 0.717) is 23.0 Å². The molecule has 0 unspecified atom stereocenters. The van der Waals surface area contributed by atoms with Crippen molar-refractivity contribution in [3.05, 3.63) is 114 Å². The Hall–Kier alpha value is -5.04. The number of nitrogens with zero attached hydrogens (tertiary/aromatic N) is 4. The molecular weight excluding hydrogens is 500 g/mol. The summed E-state index contributed by atoms with van der Waals surface area (Å²) in [6, 6.07) is 32.7. The van der Waals surface area contributed by atoms with E-state index < -0.39 is 0 Å². The van der Waals surface area contributed by atoms with Gasteiger partial charge in [0.2, 0.25) is 0 Å². The summed E-state index contributed by atoms with van der Waals surface area (Å²) in [4.78, 5) is 6.81. The third-order valence-electron chi connectivity index (χ3n) is 6.97. The fraction of sp³-hybridized carbons (Fsp3) is 0.152. The molecule has 4 aromatic carbocycles. The second kappa shape index (κ2) is 11.0. The van der Waals surface area contributed by atoms with Gasteiger partial charge in [-0.25, -0.2) is 0 Å². The SMILES string of the molecule is COc1cc2nccc(Oc3ccc4c(N(Cc5ccccc5)Cc5ccccc5)nn(C)c4c3)c2cc1OC. The van der Waals surface area contributed by atoms with Crippen LogP contribution in [0.15, 0.2) is 103 Å². The molecule has 7 heteroatoms. The lowest BCUT2D eigenvalue weighted by atomic mass is 10.1. The van der Waals surface area contributed by atoms with Crippen molar-refractivity contribution < 1.29 is 14.2 Å². The van der Waals surface area contributed by atoms with Gasteiger partial charge >= 0.3 is 0 Å². The van der Waals surface area contributed by atoms with E-state index in [2.05, 4.69) is 64.5 Å². The number of rotatable bonds is 9. The van der Waals surface area contributed by atoms with Crippen molar-refractivity contribution in [3.63, 3.8) is 0 Å². The van der Waals surface area contributed by atoms with Crippen LogP contribution in [0.2, 0.25) is 0 Å². The van der Waals surface area contributed by atoms with Crippen LogP contribution in [0.5, 0.6) is 23.0 Å². The number of hydrogen-bond acceptors (Lipinski definition) is 6. The lowest BCUT2D eigenvalue weighted by Gasteiger charge is -2.23. The van der Waals surface area contributed by atoms with E-state index in [-0.39, 0.29) is 0 Å². The Labute approximate surface area is 233 Å². The number of benzene rings is 4. The summed E-state index contributed by atoms with van der Waals surface area (Å²) in [5.41, 5.74) is 4.20. The van der Waals surface area contributed by atoms with Crippen LogP contribution in [0.3, 0.4) is 0 Å². The summed E-state index contributed by atoms with van der Waals surface area (Å²) in [6.07, 6.45) is 1.73. The van der Waals surface area contributed by atoms with Crippen molar-refractivity contribution in [2.45, 2.75) is 13.1 Å². The van der Waals surface area contributed by atoms with Crippen LogP contribution in [-0.2, 0) is 20.1 Å². The first-order chi connectivity index (χ1) is 19.6. The number of fused-ring (bicyclic) bond motifs is 2. The van der Waals surface area contributed by atoms with Gasteiger partial charge in [-0.15, -0.1) is 0 Å². The quantitative estimate of drug-likeness (QED) is 0.198. The Balaban J connectivity index is 1.36. The van der Waals surface area contributed by atoms with Gasteiger partial charge in [-0.1, -0.05) is 60.7 Å². The number of pyridine rings is 1. The number of ether oxygens (including phenoxy) is 3. The Morgan fingerprint density at radius 2 is 1.35 bits per heavy atom. The zero-order valence-corrected chi connectivity index (χ0v) is 22.7. The average Bonchev–Trinajstić information content (AvgIpc) is 3.32. The lowest BCUT2D eigenvalue weighted by molar-refractivity contribution is 0.355. The van der Waals surface area contributed by atoms with Crippen molar-refractivity contribution >= 4 is 27.6 Å². The van der Waals surface area contributed by atoms with Crippen LogP contribution in [0.1, 0.15) is 11.1 Å². The molecule has 0 aliphatic carbocycles. The largest absolute Gasteiger partial charge is 0.493 e. The van der Waals surface area contributed by atoms with E-state index in [9.17, 15) is 0 Å². The van der Waals surface area contributed by atoms with Crippen LogP contribution in [0.4, 0.5) is 5.82 Å². The zero-order valence-electron chi connectivity index (χ0n) is 22.7. The van der Waals surface area contributed by atoms with E-state index >= 15 is 0 Å². The average molecular weight is 531 g/mol. The monoisotopic (exact) mass is 530 g/mol. The number of aryl methyl sites for hydroxylation is 1. The molecule has 6 rings (SSSR count). The smallest absolute Gasteiger partial charge is 0.162 e. The maximum atomic E-state index is 6.40. The highest BCUT2D eigenvalue weighted by molar-refractivity contribution is 5.92. The topological polar surface area (TPSA) is 61.6 Å². The molecular formula is C33H30N4O3. The van der Waals surface area contributed by atoms with Gasteiger partial charge in [0.1, 0.15) is 11.5 Å². The highest BCUT2D eigenvalue weighted by Gasteiger charge is 2.18. The van der Waals surface area contributed by atoms with Crippen molar-refractivity contribution in [2.75, 3.05) is 19.1 Å². The van der Waals surface area contributed by atoms with Gasteiger partial charge in [-0.2, -0.15) is 5.10 Å². The Morgan fingerprint density at radius 3 is 2.00 bits per heavy atom. The summed E-state index contributed by atoms with van der Waals surface area (Å²) in [5.74, 6) is 3.57. The molecule has 0 fully saturated rings. The molecule has 0 aliphatic rings. The minimum atomic E-state index is 0.622. The number of methoxy groups -OCH3 is 2. The number of hydrogen-bond donors (Lipinski definition) is 0. The maximum Gasteiger partial charge on any atom is 0.162 e. The molecule has 0 N–H and O–H groups in total. The predicted octanol–water partition coefficient (Wildman–Crippen LogP) is 7.14. The minimum Gasteiger partial charge on any atom is -0.493 e. The van der Waals surface area contributed by atoms with Gasteiger partial charge in [0.25, 0.3) is 0 Å². The lowest BCUT2D eigenvalue weighted by Crippen LogP contribution is -2.23. The van der Waals surface area contributed by atoms with Gasteiger partial charge < -0.3 is 19.1 Å². The van der Waals surface area contributed by atoms with Gasteiger partial charge in [-0.3, -0.25) is 9.67 Å². The molecule has 2 heterocycles. The maximum absolute atomic E-state index is 6.40. The molecule has 2 aromatic heterocycles. The van der Waals surface area contributed by atoms with Crippen molar-refractivity contribution in [2.24, 2.45) is 7.05 Å². The van der Waals surface area contributed by atoms with Gasteiger partial charge in [0.05, 0.1) is 25.3 Å². The van der Waals surface area contributed by atoms with E-state index in [1.54, 1.807) is 20.4 Å². The zero-order chi connectivity index (χ0) is 27.5. The third-order valence-corrected chi connectivity index (χ3v) is 6.97. The standard InChI is InChI=1S/C33H30N4O3/c1-36-29-18-25(40-30-16-17-34-28-20-32(39-3)31(38-2)19-27(28)30)14-15-26(29)33(35-36)37(21-23-10-6-4-7-11-23)22-24-12-8-5-9-13-24/h4-20H,21-22H2,1-3H3. The molecule has 40 heavy (non-hydrogen) atoms. The van der Waals surface area contributed by atoms with Crippen LogP contribution < -0.4 is 19.1 Å². The molecule has 0 aliphatic heterocycles. The molecule has 0 bridgehead atoms. The van der Waals surface area contributed by atoms with Crippen LogP contribution >= 0.6 is 0 Å². The summed E-state index contributed by atoms with van der Waals surface area (Å²) in [6.45, 7) is 1.49. The molecule has 0 saturated heterocycles. The third kappa shape index (κ3) is 5.01. The van der Waals surface area contributed by atoms with E-state index in [1.165, 1.54) is 11.1 Å². The van der Waals surface area contributed by atoms with Crippen molar-refractivity contribution in [3.8, 4) is 23.0 Å². The minimum absolute atomic E-state index is 0.622. The van der Waals surface area contributed by atoms with Crippen molar-refractivity contribution in [1.29, 1.82) is 0 Å². The van der Waals surface area contributed by atoms with Gasteiger partial charge in [-0.05, 0) is 35.4 Å². The van der Waals surface area contributed by atoms with E-state index in [4.69, 9.17) is 19.3 Å². The number of aromatic nitrogens is 3. The fourth-order valence-electron chi connectivity index (χ4n) is 4.99. The second-order valence-corrected chi connectivity index (χ2v) is 9.59. The molecule has 0 atom stereocenters. The molecule has 0 radical (unpaired) electrons. The molecule has 0 amide bonds. The normalized spacial score (nSPS) is 11.1. The Bertz CT molecular complexity index is 1730. The summed E-state index contributed by atoms with van der Waals surface area (Å²) < 4.78 is 19.3. The molecule has 7 nitrogen and oxygen atoms in total. The van der Waals surface area contributed by atoms with E-state index in [1.807, 2.05) is 54.2 Å². The highest BCUT2D eigenvalue weighted by Crippen LogP contribution is 2.38. The Morgan fingerprint density at radius 1 is 0.700 bits per heavy atom. The predicted molar refractivity (Wildman–Crippen MR) is 158 cm³/mol. The van der Waals surface area contributed by atoms with Crippen LogP contribution in [0, 0.1) is 0 Å². The van der Waals surface area contributed by atoms with Gasteiger partial charge in [0, 0.05) is 49.2 Å². The summed E-state index contributed by atoms with van der Waals surface area (Å²) in [5, 5.41) is 6.87. The second-order valence-electron chi connectivity index (χ2n) is 9.59. The molecule has 200 valence electrons. The number of anilines is 1. The fourth-order valence-corrected chi connectivity index (χ4v) is 4.99. The highest BCUT2D eigenvalue weighted by atomic mass is 16.5.